The van der Waals surface area contributed by atoms with Crippen molar-refractivity contribution >= 4 is 11.9 Å². The fourth-order valence-electron chi connectivity index (χ4n) is 4.13. The number of amides is 1. The van der Waals surface area contributed by atoms with E-state index < -0.39 is 23.8 Å². The smallest absolute Gasteiger partial charge is 0.417 e. The average molecular weight is 455 g/mol. The van der Waals surface area contributed by atoms with E-state index in [9.17, 15) is 22.8 Å². The van der Waals surface area contributed by atoms with Crippen LogP contribution in [-0.4, -0.2) is 28.9 Å². The van der Waals surface area contributed by atoms with Crippen LogP contribution >= 0.6 is 0 Å². The Morgan fingerprint density at radius 1 is 1.03 bits per heavy atom. The van der Waals surface area contributed by atoms with Gasteiger partial charge in [0.05, 0.1) is 18.0 Å². The van der Waals surface area contributed by atoms with Crippen LogP contribution in [-0.2, 0) is 17.6 Å². The highest BCUT2D eigenvalue weighted by Crippen LogP contribution is 2.40. The van der Waals surface area contributed by atoms with Crippen molar-refractivity contribution in [2.75, 3.05) is 7.05 Å². The molecule has 4 rings (SSSR count). The monoisotopic (exact) mass is 455 g/mol. The second-order valence-electron chi connectivity index (χ2n) is 7.77. The summed E-state index contributed by atoms with van der Waals surface area (Å²) in [4.78, 5) is 25.0. The summed E-state index contributed by atoms with van der Waals surface area (Å²) in [7, 11) is 1.52. The molecule has 3 aromatic carbocycles. The molecule has 8 heteroatoms. The lowest BCUT2D eigenvalue weighted by molar-refractivity contribution is -0.139. The molecule has 0 aromatic heterocycles. The first-order chi connectivity index (χ1) is 15.7. The van der Waals surface area contributed by atoms with E-state index in [2.05, 4.69) is 0 Å². The zero-order valence-electron chi connectivity index (χ0n) is 17.6. The van der Waals surface area contributed by atoms with E-state index in [1.54, 1.807) is 42.5 Å². The summed E-state index contributed by atoms with van der Waals surface area (Å²) >= 11 is 0. The van der Waals surface area contributed by atoms with Gasteiger partial charge >= 0.3 is 12.1 Å². The van der Waals surface area contributed by atoms with Gasteiger partial charge in [0.2, 0.25) is 0 Å². The predicted molar refractivity (Wildman–Crippen MR) is 115 cm³/mol. The van der Waals surface area contributed by atoms with E-state index >= 15 is 0 Å². The Balaban J connectivity index is 1.63. The van der Waals surface area contributed by atoms with Crippen LogP contribution < -0.4 is 4.74 Å². The number of alkyl halides is 3. The SMILES string of the molecule is CN1C(=O)c2cc(OCc3cccc(-c4ccccc4)c3C(F)(F)F)ccc2C1CC(=O)O. The normalized spacial score (nSPS) is 15.5. The number of benzene rings is 3. The zero-order chi connectivity index (χ0) is 23.8. The predicted octanol–water partition coefficient (Wildman–Crippen LogP) is 5.55. The van der Waals surface area contributed by atoms with Gasteiger partial charge in [-0.15, -0.1) is 0 Å². The zero-order valence-corrected chi connectivity index (χ0v) is 17.6. The Morgan fingerprint density at radius 3 is 2.42 bits per heavy atom. The van der Waals surface area contributed by atoms with Crippen molar-refractivity contribution in [2.45, 2.75) is 25.2 Å². The highest BCUT2D eigenvalue weighted by atomic mass is 19.4. The molecule has 0 saturated heterocycles. The first kappa shape index (κ1) is 22.4. The van der Waals surface area contributed by atoms with E-state index in [1.165, 1.54) is 36.2 Å². The summed E-state index contributed by atoms with van der Waals surface area (Å²) in [6.45, 7) is -0.350. The van der Waals surface area contributed by atoms with Gasteiger partial charge in [-0.25, -0.2) is 0 Å². The van der Waals surface area contributed by atoms with E-state index in [0.717, 1.165) is 0 Å². The molecular weight excluding hydrogens is 435 g/mol. The van der Waals surface area contributed by atoms with Gasteiger partial charge in [0.25, 0.3) is 5.91 Å². The molecule has 0 saturated carbocycles. The van der Waals surface area contributed by atoms with Crippen LogP contribution in [0.4, 0.5) is 13.2 Å². The lowest BCUT2D eigenvalue weighted by Gasteiger charge is -2.19. The van der Waals surface area contributed by atoms with Gasteiger partial charge in [-0.2, -0.15) is 13.2 Å². The van der Waals surface area contributed by atoms with Crippen molar-refractivity contribution in [3.63, 3.8) is 0 Å². The second-order valence-corrected chi connectivity index (χ2v) is 7.77. The summed E-state index contributed by atoms with van der Waals surface area (Å²) in [5, 5.41) is 9.11. The largest absolute Gasteiger partial charge is 0.489 e. The van der Waals surface area contributed by atoms with Gasteiger partial charge in [-0.1, -0.05) is 54.6 Å². The van der Waals surface area contributed by atoms with Crippen molar-refractivity contribution in [3.8, 4) is 16.9 Å². The fraction of sp³-hybridized carbons (Fsp3) is 0.200. The molecule has 170 valence electrons. The first-order valence-electron chi connectivity index (χ1n) is 10.2. The number of hydrogen-bond acceptors (Lipinski definition) is 3. The topological polar surface area (TPSA) is 66.8 Å². The third-order valence-electron chi connectivity index (χ3n) is 5.68. The summed E-state index contributed by atoms with van der Waals surface area (Å²) in [5.74, 6) is -1.17. The molecule has 5 nitrogen and oxygen atoms in total. The number of hydrogen-bond donors (Lipinski definition) is 1. The minimum absolute atomic E-state index is 0.0310. The lowest BCUT2D eigenvalue weighted by atomic mass is 9.95. The Kier molecular flexibility index (Phi) is 5.84. The number of nitrogens with zero attached hydrogens (tertiary/aromatic N) is 1. The molecule has 0 fully saturated rings. The summed E-state index contributed by atoms with van der Waals surface area (Å²) in [6.07, 6.45) is -4.83. The minimum Gasteiger partial charge on any atom is -0.489 e. The van der Waals surface area contributed by atoms with Crippen LogP contribution in [0.3, 0.4) is 0 Å². The van der Waals surface area contributed by atoms with E-state index in [0.29, 0.717) is 11.1 Å². The average Bonchev–Trinajstić information content (AvgIpc) is 3.01. The summed E-state index contributed by atoms with van der Waals surface area (Å²) in [5.41, 5.74) is 0.551. The molecule has 0 bridgehead atoms. The van der Waals surface area contributed by atoms with Crippen LogP contribution in [0.15, 0.2) is 66.7 Å². The van der Waals surface area contributed by atoms with Gasteiger partial charge in [0.1, 0.15) is 12.4 Å². The summed E-state index contributed by atoms with van der Waals surface area (Å²) < 4.78 is 47.6. The molecule has 33 heavy (non-hydrogen) atoms. The van der Waals surface area contributed by atoms with Crippen LogP contribution in [0.25, 0.3) is 11.1 Å². The number of carbonyl (C=O) groups is 2. The van der Waals surface area contributed by atoms with Crippen molar-refractivity contribution in [2.24, 2.45) is 0 Å². The van der Waals surface area contributed by atoms with E-state index in [1.807, 2.05) is 0 Å². The molecule has 0 radical (unpaired) electrons. The van der Waals surface area contributed by atoms with Crippen molar-refractivity contribution in [3.05, 3.63) is 89.0 Å². The number of rotatable bonds is 6. The first-order valence-corrected chi connectivity index (χ1v) is 10.2. The van der Waals surface area contributed by atoms with E-state index in [-0.39, 0.29) is 41.4 Å². The molecule has 0 aliphatic carbocycles. The number of carboxylic acids is 1. The molecule has 1 aliphatic heterocycles. The number of carboxylic acid groups (broad SMARTS) is 1. The molecular formula is C25H20F3NO4. The number of ether oxygens (including phenoxy) is 1. The molecule has 1 heterocycles. The molecule has 1 atom stereocenters. The number of halogens is 3. The number of carbonyl (C=O) groups excluding carboxylic acids is 1. The number of fused-ring (bicyclic) bond motifs is 1. The highest BCUT2D eigenvalue weighted by Gasteiger charge is 2.37. The quantitative estimate of drug-likeness (QED) is 0.529. The molecule has 3 aromatic rings. The van der Waals surface area contributed by atoms with Crippen LogP contribution in [0.1, 0.15) is 39.5 Å². The minimum atomic E-state index is -4.59. The van der Waals surface area contributed by atoms with Crippen LogP contribution in [0.5, 0.6) is 5.75 Å². The highest BCUT2D eigenvalue weighted by molar-refractivity contribution is 5.99. The van der Waals surface area contributed by atoms with E-state index in [4.69, 9.17) is 9.84 Å². The molecule has 0 spiro atoms. The van der Waals surface area contributed by atoms with Gasteiger partial charge in [0, 0.05) is 18.2 Å². The van der Waals surface area contributed by atoms with Crippen molar-refractivity contribution in [1.29, 1.82) is 0 Å². The maximum absolute atomic E-state index is 14.0. The summed E-state index contributed by atoms with van der Waals surface area (Å²) in [6, 6.07) is 16.6. The fourth-order valence-corrected chi connectivity index (χ4v) is 4.13. The second kappa shape index (κ2) is 8.61. The standard InChI is InChI=1S/C25H20F3NO4/c1-29-21(13-22(30)31)19-11-10-17(12-20(19)24(29)32)33-14-16-8-5-9-18(23(16)25(26,27)28)15-6-3-2-4-7-15/h2-12,21H,13-14H2,1H3,(H,30,31). The van der Waals surface area contributed by atoms with Crippen LogP contribution in [0, 0.1) is 0 Å². The lowest BCUT2D eigenvalue weighted by Crippen LogP contribution is -2.24. The third-order valence-corrected chi connectivity index (χ3v) is 5.68. The Bertz CT molecular complexity index is 1210. The van der Waals surface area contributed by atoms with Crippen molar-refractivity contribution < 1.29 is 32.6 Å². The van der Waals surface area contributed by atoms with Gasteiger partial charge in [-0.05, 0) is 28.8 Å². The van der Waals surface area contributed by atoms with Crippen molar-refractivity contribution in [1.82, 2.24) is 4.90 Å². The molecule has 1 aliphatic rings. The molecule has 1 unspecified atom stereocenters. The molecule has 1 N–H and O–H groups in total. The van der Waals surface area contributed by atoms with Gasteiger partial charge < -0.3 is 14.7 Å². The maximum Gasteiger partial charge on any atom is 0.417 e. The number of aliphatic carboxylic acids is 1. The van der Waals surface area contributed by atoms with Gasteiger partial charge in [-0.3, -0.25) is 9.59 Å². The van der Waals surface area contributed by atoms with Crippen LogP contribution in [0.2, 0.25) is 0 Å². The third kappa shape index (κ3) is 4.41. The Labute approximate surface area is 188 Å². The Hall–Kier alpha value is -3.81. The maximum atomic E-state index is 14.0. The molecule has 1 amide bonds. The van der Waals surface area contributed by atoms with Gasteiger partial charge in [0.15, 0.2) is 0 Å². The Morgan fingerprint density at radius 2 is 1.76 bits per heavy atom.